The molecule has 1 aromatic carbocycles. The molecule has 0 unspecified atom stereocenters. The molecule has 6 nitrogen and oxygen atoms in total. The van der Waals surface area contributed by atoms with Crippen LogP contribution in [0.15, 0.2) is 36.4 Å². The van der Waals surface area contributed by atoms with Gasteiger partial charge in [0.1, 0.15) is 0 Å². The first-order valence-corrected chi connectivity index (χ1v) is 8.34. The third-order valence-corrected chi connectivity index (χ3v) is 4.36. The fourth-order valence-corrected chi connectivity index (χ4v) is 2.79. The molecule has 1 aliphatic heterocycles. The number of nitrogens with zero attached hydrogens (tertiary/aromatic N) is 4. The molecule has 1 aromatic heterocycles. The first-order chi connectivity index (χ1) is 11.7. The molecule has 1 aliphatic rings. The lowest BCUT2D eigenvalue weighted by Crippen LogP contribution is -2.44. The number of aromatic nitrogens is 2. The Morgan fingerprint density at radius 1 is 1.08 bits per heavy atom. The minimum atomic E-state index is -0.228. The van der Waals surface area contributed by atoms with Crippen LogP contribution in [0, 0.1) is 0 Å². The molecule has 0 radical (unpaired) electrons. The predicted octanol–water partition coefficient (Wildman–Crippen LogP) is 2.04. The normalized spacial score (nSPS) is 15.3. The highest BCUT2D eigenvalue weighted by molar-refractivity contribution is 6.03. The zero-order chi connectivity index (χ0) is 16.9. The van der Waals surface area contributed by atoms with E-state index in [-0.39, 0.29) is 5.91 Å². The number of hydrogen-bond donors (Lipinski definition) is 1. The fourth-order valence-electron chi connectivity index (χ4n) is 2.79. The first kappa shape index (κ1) is 16.4. The van der Waals surface area contributed by atoms with Gasteiger partial charge in [0.15, 0.2) is 11.5 Å². The van der Waals surface area contributed by atoms with Gasteiger partial charge in [-0.3, -0.25) is 4.79 Å². The second kappa shape index (κ2) is 7.40. The average Bonchev–Trinajstić information content (AvgIpc) is 2.63. The maximum atomic E-state index is 12.4. The Morgan fingerprint density at radius 3 is 2.50 bits per heavy atom. The summed E-state index contributed by atoms with van der Waals surface area (Å²) in [7, 11) is 2.12. The van der Waals surface area contributed by atoms with Gasteiger partial charge in [-0.2, -0.15) is 0 Å². The third kappa shape index (κ3) is 3.71. The Morgan fingerprint density at radius 2 is 1.83 bits per heavy atom. The van der Waals surface area contributed by atoms with Gasteiger partial charge in [0, 0.05) is 31.9 Å². The molecule has 6 heteroatoms. The molecule has 24 heavy (non-hydrogen) atoms. The number of aryl methyl sites for hydroxylation is 1. The first-order valence-electron chi connectivity index (χ1n) is 8.34. The molecule has 0 aliphatic carbocycles. The minimum Gasteiger partial charge on any atom is -0.353 e. The molecule has 3 rings (SSSR count). The van der Waals surface area contributed by atoms with Crippen LogP contribution >= 0.6 is 0 Å². The fraction of sp³-hybridized carbons (Fsp3) is 0.389. The number of hydrogen-bond acceptors (Lipinski definition) is 5. The molecule has 2 aromatic rings. The van der Waals surface area contributed by atoms with Gasteiger partial charge in [0.2, 0.25) is 0 Å². The Hall–Kier alpha value is -2.47. The number of rotatable bonds is 4. The van der Waals surface area contributed by atoms with Crippen molar-refractivity contribution in [3.63, 3.8) is 0 Å². The summed E-state index contributed by atoms with van der Waals surface area (Å²) in [6, 6.07) is 11.4. The molecule has 2 heterocycles. The Kier molecular flexibility index (Phi) is 5.05. The molecule has 0 atom stereocenters. The van der Waals surface area contributed by atoms with Gasteiger partial charge in [-0.05, 0) is 37.2 Å². The molecule has 1 fully saturated rings. The maximum absolute atomic E-state index is 12.4. The van der Waals surface area contributed by atoms with E-state index in [0.717, 1.165) is 49.7 Å². The molecule has 0 bridgehead atoms. The number of nitrogens with one attached hydrogen (secondary N) is 1. The number of carbonyl (C=O) groups is 1. The van der Waals surface area contributed by atoms with E-state index in [1.54, 1.807) is 6.07 Å². The van der Waals surface area contributed by atoms with Crippen molar-refractivity contribution < 1.29 is 4.79 Å². The van der Waals surface area contributed by atoms with E-state index in [0.29, 0.717) is 5.69 Å². The lowest BCUT2D eigenvalue weighted by atomic mass is 10.1. The van der Waals surface area contributed by atoms with Crippen LogP contribution in [0.1, 0.15) is 23.0 Å². The number of piperazine rings is 1. The predicted molar refractivity (Wildman–Crippen MR) is 95.5 cm³/mol. The molecular weight excluding hydrogens is 302 g/mol. The van der Waals surface area contributed by atoms with Crippen LogP contribution < -0.4 is 10.2 Å². The summed E-state index contributed by atoms with van der Waals surface area (Å²) in [6.45, 7) is 5.95. The van der Waals surface area contributed by atoms with Crippen molar-refractivity contribution in [1.82, 2.24) is 15.1 Å². The highest BCUT2D eigenvalue weighted by Crippen LogP contribution is 2.17. The Balaban J connectivity index is 1.68. The van der Waals surface area contributed by atoms with Crippen LogP contribution in [0.4, 0.5) is 11.5 Å². The highest BCUT2D eigenvalue weighted by Gasteiger charge is 2.17. The Bertz CT molecular complexity index is 693. The highest BCUT2D eigenvalue weighted by atomic mass is 16.1. The smallest absolute Gasteiger partial charge is 0.276 e. The van der Waals surface area contributed by atoms with Gasteiger partial charge in [-0.15, -0.1) is 10.2 Å². The average molecular weight is 325 g/mol. The summed E-state index contributed by atoms with van der Waals surface area (Å²) in [6.07, 6.45) is 0.866. The second-order valence-electron chi connectivity index (χ2n) is 6.03. The second-order valence-corrected chi connectivity index (χ2v) is 6.03. The van der Waals surface area contributed by atoms with E-state index in [1.807, 2.05) is 30.3 Å². The van der Waals surface area contributed by atoms with Crippen molar-refractivity contribution in [2.24, 2.45) is 0 Å². The lowest BCUT2D eigenvalue weighted by molar-refractivity contribution is 0.102. The quantitative estimate of drug-likeness (QED) is 0.932. The van der Waals surface area contributed by atoms with Crippen molar-refractivity contribution in [2.45, 2.75) is 13.3 Å². The maximum Gasteiger partial charge on any atom is 0.276 e. The number of benzene rings is 1. The zero-order valence-electron chi connectivity index (χ0n) is 14.2. The molecule has 1 N–H and O–H groups in total. The summed E-state index contributed by atoms with van der Waals surface area (Å²) in [5, 5.41) is 11.3. The summed E-state index contributed by atoms with van der Waals surface area (Å²) >= 11 is 0. The summed E-state index contributed by atoms with van der Waals surface area (Å²) < 4.78 is 0. The van der Waals surface area contributed by atoms with E-state index in [2.05, 4.69) is 39.3 Å². The van der Waals surface area contributed by atoms with Gasteiger partial charge >= 0.3 is 0 Å². The summed E-state index contributed by atoms with van der Waals surface area (Å²) in [4.78, 5) is 16.9. The largest absolute Gasteiger partial charge is 0.353 e. The number of para-hydroxylation sites is 1. The van der Waals surface area contributed by atoms with Crippen molar-refractivity contribution in [3.8, 4) is 0 Å². The van der Waals surface area contributed by atoms with E-state index in [1.165, 1.54) is 0 Å². The van der Waals surface area contributed by atoms with Crippen LogP contribution in [-0.2, 0) is 6.42 Å². The molecule has 1 saturated heterocycles. The van der Waals surface area contributed by atoms with Gasteiger partial charge in [-0.1, -0.05) is 25.1 Å². The summed E-state index contributed by atoms with van der Waals surface area (Å²) in [5.74, 6) is 0.599. The monoisotopic (exact) mass is 325 g/mol. The number of anilines is 2. The van der Waals surface area contributed by atoms with Crippen LogP contribution in [0.25, 0.3) is 0 Å². The molecule has 0 saturated carbocycles. The van der Waals surface area contributed by atoms with Gasteiger partial charge in [0.25, 0.3) is 5.91 Å². The number of likely N-dealkylation sites (N-methyl/N-ethyl adjacent to an activating group) is 1. The topological polar surface area (TPSA) is 61.4 Å². The van der Waals surface area contributed by atoms with Crippen LogP contribution in [0.5, 0.6) is 0 Å². The molecule has 1 amide bonds. The van der Waals surface area contributed by atoms with Crippen molar-refractivity contribution in [3.05, 3.63) is 47.7 Å². The van der Waals surface area contributed by atoms with Gasteiger partial charge < -0.3 is 15.1 Å². The van der Waals surface area contributed by atoms with E-state index in [9.17, 15) is 4.79 Å². The van der Waals surface area contributed by atoms with Gasteiger partial charge in [-0.25, -0.2) is 0 Å². The van der Waals surface area contributed by atoms with Crippen LogP contribution in [0.2, 0.25) is 0 Å². The SMILES string of the molecule is CCc1ccccc1NC(=O)c1ccc(N2CCN(C)CC2)nn1. The third-order valence-electron chi connectivity index (χ3n) is 4.36. The van der Waals surface area contributed by atoms with Crippen LogP contribution in [0.3, 0.4) is 0 Å². The Labute approximate surface area is 142 Å². The van der Waals surface area contributed by atoms with Crippen molar-refractivity contribution >= 4 is 17.4 Å². The van der Waals surface area contributed by atoms with Gasteiger partial charge in [0.05, 0.1) is 0 Å². The van der Waals surface area contributed by atoms with E-state index in [4.69, 9.17) is 0 Å². The van der Waals surface area contributed by atoms with E-state index >= 15 is 0 Å². The summed E-state index contributed by atoms with van der Waals surface area (Å²) in [5.41, 5.74) is 2.27. The number of carbonyl (C=O) groups excluding carboxylic acids is 1. The lowest BCUT2D eigenvalue weighted by Gasteiger charge is -2.32. The molecular formula is C18H23N5O. The zero-order valence-corrected chi connectivity index (χ0v) is 14.2. The molecule has 126 valence electrons. The number of amides is 1. The van der Waals surface area contributed by atoms with E-state index < -0.39 is 0 Å². The standard InChI is InChI=1S/C18H23N5O/c1-3-14-6-4-5-7-15(14)19-18(24)16-8-9-17(21-20-16)23-12-10-22(2)11-13-23/h4-9H,3,10-13H2,1-2H3,(H,19,24). The minimum absolute atomic E-state index is 0.228. The molecule has 0 spiro atoms. The van der Waals surface area contributed by atoms with Crippen molar-refractivity contribution in [2.75, 3.05) is 43.4 Å². The van der Waals surface area contributed by atoms with Crippen molar-refractivity contribution in [1.29, 1.82) is 0 Å². The van der Waals surface area contributed by atoms with Crippen LogP contribution in [-0.4, -0.2) is 54.2 Å².